The summed E-state index contributed by atoms with van der Waals surface area (Å²) in [6.07, 6.45) is 0.344. The van der Waals surface area contributed by atoms with Gasteiger partial charge in [-0.05, 0) is 50.5 Å². The fourth-order valence-corrected chi connectivity index (χ4v) is 1.81. The Balaban J connectivity index is 2.47. The summed E-state index contributed by atoms with van der Waals surface area (Å²) in [6, 6.07) is 4.14. The summed E-state index contributed by atoms with van der Waals surface area (Å²) in [6.45, 7) is 8.84. The highest BCUT2D eigenvalue weighted by molar-refractivity contribution is 5.76. The predicted molar refractivity (Wildman–Crippen MR) is 77.4 cm³/mol. The van der Waals surface area contributed by atoms with Crippen molar-refractivity contribution < 1.29 is 9.53 Å². The van der Waals surface area contributed by atoms with Crippen LogP contribution in [0.15, 0.2) is 12.1 Å². The van der Waals surface area contributed by atoms with E-state index in [-0.39, 0.29) is 11.9 Å². The van der Waals surface area contributed by atoms with Gasteiger partial charge in [0.25, 0.3) is 0 Å². The average molecular weight is 264 g/mol. The molecule has 106 valence electrons. The first-order chi connectivity index (χ1) is 8.93. The van der Waals surface area contributed by atoms with Crippen LogP contribution in [0.2, 0.25) is 0 Å². The number of nitrogens with one attached hydrogen (secondary N) is 1. The molecule has 0 aliphatic heterocycles. The molecule has 4 heteroatoms. The molecule has 0 aromatic heterocycles. The number of carbonyl (C=O) groups excluding carboxylic acids is 1. The molecular formula is C15H24N2O2. The van der Waals surface area contributed by atoms with E-state index < -0.39 is 0 Å². The van der Waals surface area contributed by atoms with Gasteiger partial charge in [0.1, 0.15) is 5.75 Å². The molecule has 0 bridgehead atoms. The van der Waals surface area contributed by atoms with Crippen molar-refractivity contribution in [1.82, 2.24) is 5.32 Å². The number of hydrogen-bond acceptors (Lipinski definition) is 3. The number of ether oxygens (including phenoxy) is 1. The van der Waals surface area contributed by atoms with Crippen molar-refractivity contribution in [2.75, 3.05) is 13.2 Å². The number of hydrogen-bond donors (Lipinski definition) is 2. The molecule has 0 aliphatic rings. The maximum atomic E-state index is 11.6. The lowest BCUT2D eigenvalue weighted by atomic mass is 10.1. The third kappa shape index (κ3) is 4.91. The van der Waals surface area contributed by atoms with Crippen molar-refractivity contribution in [2.24, 2.45) is 5.73 Å². The van der Waals surface area contributed by atoms with Gasteiger partial charge in [-0.2, -0.15) is 0 Å². The second-order valence-corrected chi connectivity index (χ2v) is 5.01. The number of carbonyl (C=O) groups is 1. The number of amides is 1. The highest BCUT2D eigenvalue weighted by atomic mass is 16.5. The largest absolute Gasteiger partial charge is 0.493 e. The Morgan fingerprint density at radius 2 is 2.05 bits per heavy atom. The van der Waals surface area contributed by atoms with Crippen LogP contribution in [-0.2, 0) is 4.79 Å². The summed E-state index contributed by atoms with van der Waals surface area (Å²) in [5.74, 6) is 0.831. The number of aryl methyl sites for hydroxylation is 2. The van der Waals surface area contributed by atoms with Crippen molar-refractivity contribution in [3.05, 3.63) is 28.8 Å². The Hall–Kier alpha value is -1.55. The lowest BCUT2D eigenvalue weighted by molar-refractivity contribution is -0.122. The lowest BCUT2D eigenvalue weighted by Crippen LogP contribution is -2.38. The van der Waals surface area contributed by atoms with Crippen LogP contribution in [0.1, 0.15) is 30.0 Å². The molecule has 19 heavy (non-hydrogen) atoms. The van der Waals surface area contributed by atoms with Crippen LogP contribution in [-0.4, -0.2) is 25.1 Å². The van der Waals surface area contributed by atoms with E-state index in [1.165, 1.54) is 11.1 Å². The maximum absolute atomic E-state index is 11.6. The van der Waals surface area contributed by atoms with Gasteiger partial charge in [-0.1, -0.05) is 6.07 Å². The quantitative estimate of drug-likeness (QED) is 0.824. The zero-order chi connectivity index (χ0) is 14.4. The van der Waals surface area contributed by atoms with Crippen molar-refractivity contribution >= 4 is 5.91 Å². The Morgan fingerprint density at radius 3 is 2.68 bits per heavy atom. The van der Waals surface area contributed by atoms with E-state index in [0.717, 1.165) is 11.3 Å². The third-order valence-corrected chi connectivity index (χ3v) is 3.11. The van der Waals surface area contributed by atoms with Gasteiger partial charge in [-0.3, -0.25) is 4.79 Å². The number of benzene rings is 1. The second kappa shape index (κ2) is 7.14. The van der Waals surface area contributed by atoms with E-state index in [0.29, 0.717) is 19.6 Å². The molecule has 1 aromatic carbocycles. The first-order valence-electron chi connectivity index (χ1n) is 6.64. The molecule has 0 unspecified atom stereocenters. The van der Waals surface area contributed by atoms with Crippen LogP contribution < -0.4 is 15.8 Å². The number of nitrogens with two attached hydrogens (primary N) is 1. The molecule has 0 saturated heterocycles. The normalized spacial score (nSPS) is 12.1. The van der Waals surface area contributed by atoms with E-state index in [1.54, 1.807) is 0 Å². The Bertz CT molecular complexity index is 444. The molecule has 0 radical (unpaired) electrons. The SMILES string of the molecule is Cc1cc(C)c(C)c(OCCC(=O)N[C@@H](C)CN)c1. The molecule has 0 heterocycles. The van der Waals surface area contributed by atoms with E-state index in [1.807, 2.05) is 26.8 Å². The molecule has 0 spiro atoms. The van der Waals surface area contributed by atoms with Gasteiger partial charge in [0.15, 0.2) is 0 Å². The number of rotatable bonds is 6. The highest BCUT2D eigenvalue weighted by Gasteiger charge is 2.07. The van der Waals surface area contributed by atoms with Gasteiger partial charge in [0.2, 0.25) is 5.91 Å². The van der Waals surface area contributed by atoms with Crippen molar-refractivity contribution in [1.29, 1.82) is 0 Å². The first kappa shape index (κ1) is 15.5. The van der Waals surface area contributed by atoms with Crippen LogP contribution in [0.5, 0.6) is 5.75 Å². The van der Waals surface area contributed by atoms with Crippen LogP contribution in [0.3, 0.4) is 0 Å². The Kier molecular flexibility index (Phi) is 5.83. The molecule has 3 N–H and O–H groups in total. The summed E-state index contributed by atoms with van der Waals surface area (Å²) in [4.78, 5) is 11.6. The van der Waals surface area contributed by atoms with Crippen LogP contribution in [0, 0.1) is 20.8 Å². The van der Waals surface area contributed by atoms with Crippen LogP contribution in [0.25, 0.3) is 0 Å². The van der Waals surface area contributed by atoms with Crippen LogP contribution >= 0.6 is 0 Å². The molecule has 1 aromatic rings. The smallest absolute Gasteiger partial charge is 0.223 e. The molecule has 1 rings (SSSR count). The Morgan fingerprint density at radius 1 is 1.37 bits per heavy atom. The topological polar surface area (TPSA) is 64.3 Å². The molecule has 1 atom stereocenters. The van der Waals surface area contributed by atoms with Gasteiger partial charge in [0, 0.05) is 12.6 Å². The lowest BCUT2D eigenvalue weighted by Gasteiger charge is -2.14. The molecular weight excluding hydrogens is 240 g/mol. The minimum absolute atomic E-state index is 0.00968. The standard InChI is InChI=1S/C15H24N2O2/c1-10-7-11(2)13(4)14(8-10)19-6-5-15(18)17-12(3)9-16/h7-8,12H,5-6,9,16H2,1-4H3,(H,17,18)/t12-/m0/s1. The fourth-order valence-electron chi connectivity index (χ4n) is 1.81. The van der Waals surface area contributed by atoms with Crippen molar-refractivity contribution in [2.45, 2.75) is 40.2 Å². The van der Waals surface area contributed by atoms with E-state index >= 15 is 0 Å². The van der Waals surface area contributed by atoms with E-state index in [4.69, 9.17) is 10.5 Å². The van der Waals surface area contributed by atoms with Gasteiger partial charge in [-0.15, -0.1) is 0 Å². The zero-order valence-electron chi connectivity index (χ0n) is 12.2. The molecule has 0 saturated carbocycles. The molecule has 0 aliphatic carbocycles. The zero-order valence-corrected chi connectivity index (χ0v) is 12.2. The van der Waals surface area contributed by atoms with Gasteiger partial charge >= 0.3 is 0 Å². The van der Waals surface area contributed by atoms with E-state index in [2.05, 4.69) is 18.3 Å². The van der Waals surface area contributed by atoms with E-state index in [9.17, 15) is 4.79 Å². The predicted octanol–water partition coefficient (Wildman–Crippen LogP) is 1.84. The molecule has 1 amide bonds. The monoisotopic (exact) mass is 264 g/mol. The minimum atomic E-state index is -0.0278. The fraction of sp³-hybridized carbons (Fsp3) is 0.533. The summed E-state index contributed by atoms with van der Waals surface area (Å²) in [7, 11) is 0. The Labute approximate surface area is 115 Å². The summed E-state index contributed by atoms with van der Waals surface area (Å²) < 4.78 is 5.69. The van der Waals surface area contributed by atoms with Crippen LogP contribution in [0.4, 0.5) is 0 Å². The third-order valence-electron chi connectivity index (χ3n) is 3.11. The maximum Gasteiger partial charge on any atom is 0.223 e. The van der Waals surface area contributed by atoms with Gasteiger partial charge in [-0.25, -0.2) is 0 Å². The first-order valence-corrected chi connectivity index (χ1v) is 6.64. The summed E-state index contributed by atoms with van der Waals surface area (Å²) >= 11 is 0. The molecule has 4 nitrogen and oxygen atoms in total. The summed E-state index contributed by atoms with van der Waals surface area (Å²) in [5, 5.41) is 2.81. The van der Waals surface area contributed by atoms with Crippen molar-refractivity contribution in [3.8, 4) is 5.75 Å². The van der Waals surface area contributed by atoms with Gasteiger partial charge in [0.05, 0.1) is 13.0 Å². The minimum Gasteiger partial charge on any atom is -0.493 e. The highest BCUT2D eigenvalue weighted by Crippen LogP contribution is 2.23. The van der Waals surface area contributed by atoms with Gasteiger partial charge < -0.3 is 15.8 Å². The average Bonchev–Trinajstić information content (AvgIpc) is 2.34. The summed E-state index contributed by atoms with van der Waals surface area (Å²) in [5.41, 5.74) is 8.94. The molecule has 0 fully saturated rings. The van der Waals surface area contributed by atoms with Crippen molar-refractivity contribution in [3.63, 3.8) is 0 Å². The second-order valence-electron chi connectivity index (χ2n) is 5.01.